The molecule has 0 bridgehead atoms. The lowest BCUT2D eigenvalue weighted by Gasteiger charge is -2.25. The number of benzene rings is 2. The maximum atomic E-state index is 12.5. The van der Waals surface area contributed by atoms with Gasteiger partial charge in [-0.25, -0.2) is 4.68 Å². The first-order valence-corrected chi connectivity index (χ1v) is 9.30. The van der Waals surface area contributed by atoms with Gasteiger partial charge in [0.05, 0.1) is 33.2 Å². The van der Waals surface area contributed by atoms with E-state index in [1.54, 1.807) is 26.0 Å². The molecule has 7 heteroatoms. The fraction of sp³-hybridized carbons (Fsp3) is 0.273. The Labute approximate surface area is 169 Å². The molecular weight excluding hydrogens is 370 g/mol. The number of ether oxygens (including phenoxy) is 3. The molecule has 1 aromatic heterocycles. The molecule has 1 aliphatic heterocycles. The molecule has 0 spiro atoms. The van der Waals surface area contributed by atoms with Gasteiger partial charge in [0.15, 0.2) is 11.5 Å². The summed E-state index contributed by atoms with van der Waals surface area (Å²) in [4.78, 5) is 12.5. The lowest BCUT2D eigenvalue weighted by Crippen LogP contribution is -2.24. The Kier molecular flexibility index (Phi) is 4.88. The second kappa shape index (κ2) is 7.50. The molecule has 0 saturated carbocycles. The minimum Gasteiger partial charge on any atom is -0.493 e. The van der Waals surface area contributed by atoms with Crippen molar-refractivity contribution in [2.24, 2.45) is 0 Å². The third-order valence-electron chi connectivity index (χ3n) is 5.19. The number of fused-ring (bicyclic) bond motifs is 1. The zero-order valence-corrected chi connectivity index (χ0v) is 16.9. The quantitative estimate of drug-likeness (QED) is 0.716. The maximum Gasteiger partial charge on any atom is 0.226 e. The summed E-state index contributed by atoms with van der Waals surface area (Å²) in [7, 11) is 4.73. The molecule has 1 aliphatic rings. The van der Waals surface area contributed by atoms with E-state index in [1.165, 1.54) is 0 Å². The molecule has 0 aliphatic carbocycles. The van der Waals surface area contributed by atoms with Gasteiger partial charge in [-0.2, -0.15) is 5.10 Å². The van der Waals surface area contributed by atoms with Crippen LogP contribution >= 0.6 is 0 Å². The van der Waals surface area contributed by atoms with Gasteiger partial charge in [0, 0.05) is 17.9 Å². The average molecular weight is 393 g/mol. The number of amides is 1. The number of hydrogen-bond donors (Lipinski definition) is 1. The standard InChI is InChI=1S/C22H23N3O4/c1-13-5-7-15(8-6-13)25-22-17(12-23-25)16(11-20(26)24-22)14-9-18(27-2)21(29-4)19(10-14)28-3/h5-10,12,16H,11H2,1-4H3,(H,24,26)/t16-/m1/s1. The topological polar surface area (TPSA) is 74.6 Å². The van der Waals surface area contributed by atoms with Gasteiger partial charge in [-0.1, -0.05) is 17.7 Å². The minimum atomic E-state index is -0.174. The Balaban J connectivity index is 1.82. The molecular formula is C22H23N3O4. The third kappa shape index (κ3) is 3.29. The van der Waals surface area contributed by atoms with Crippen molar-refractivity contribution < 1.29 is 19.0 Å². The highest BCUT2D eigenvalue weighted by molar-refractivity contribution is 5.94. The lowest BCUT2D eigenvalue weighted by atomic mass is 9.87. The van der Waals surface area contributed by atoms with Crippen LogP contribution in [0.25, 0.3) is 5.69 Å². The van der Waals surface area contributed by atoms with E-state index in [2.05, 4.69) is 10.4 Å². The van der Waals surface area contributed by atoms with Crippen LogP contribution in [0.15, 0.2) is 42.6 Å². The minimum absolute atomic E-state index is 0.0647. The zero-order chi connectivity index (χ0) is 20.5. The van der Waals surface area contributed by atoms with E-state index in [9.17, 15) is 4.79 Å². The summed E-state index contributed by atoms with van der Waals surface area (Å²) in [5.41, 5.74) is 3.90. The van der Waals surface area contributed by atoms with Crippen molar-refractivity contribution in [3.63, 3.8) is 0 Å². The number of nitrogens with zero attached hydrogens (tertiary/aromatic N) is 2. The van der Waals surface area contributed by atoms with E-state index in [1.807, 2.05) is 49.5 Å². The highest BCUT2D eigenvalue weighted by Gasteiger charge is 2.31. The van der Waals surface area contributed by atoms with Crippen LogP contribution in [-0.2, 0) is 4.79 Å². The van der Waals surface area contributed by atoms with E-state index in [4.69, 9.17) is 14.2 Å². The van der Waals surface area contributed by atoms with Gasteiger partial charge < -0.3 is 19.5 Å². The lowest BCUT2D eigenvalue weighted by molar-refractivity contribution is -0.116. The van der Waals surface area contributed by atoms with Crippen LogP contribution in [0, 0.1) is 6.92 Å². The van der Waals surface area contributed by atoms with E-state index < -0.39 is 0 Å². The molecule has 1 amide bonds. The predicted molar refractivity (Wildman–Crippen MR) is 109 cm³/mol. The van der Waals surface area contributed by atoms with E-state index >= 15 is 0 Å². The van der Waals surface area contributed by atoms with Gasteiger partial charge in [-0.15, -0.1) is 0 Å². The molecule has 0 fully saturated rings. The first-order chi connectivity index (χ1) is 14.0. The second-order valence-corrected chi connectivity index (χ2v) is 6.96. The van der Waals surface area contributed by atoms with Gasteiger partial charge >= 0.3 is 0 Å². The molecule has 4 rings (SSSR count). The van der Waals surface area contributed by atoms with Crippen LogP contribution in [-0.4, -0.2) is 37.0 Å². The predicted octanol–water partition coefficient (Wildman–Crippen LogP) is 3.68. The molecule has 7 nitrogen and oxygen atoms in total. The SMILES string of the molecule is COc1cc([C@H]2CC(=O)Nc3c2cnn3-c2ccc(C)cc2)cc(OC)c1OC. The monoisotopic (exact) mass is 393 g/mol. The molecule has 1 atom stereocenters. The summed E-state index contributed by atoms with van der Waals surface area (Å²) >= 11 is 0. The maximum absolute atomic E-state index is 12.5. The largest absolute Gasteiger partial charge is 0.493 e. The van der Waals surface area contributed by atoms with Crippen molar-refractivity contribution in [3.05, 3.63) is 59.3 Å². The second-order valence-electron chi connectivity index (χ2n) is 6.96. The number of hydrogen-bond acceptors (Lipinski definition) is 5. The number of anilines is 1. The van der Waals surface area contributed by atoms with Crippen LogP contribution in [0.1, 0.15) is 29.0 Å². The molecule has 2 aromatic carbocycles. The molecule has 2 heterocycles. The fourth-order valence-corrected chi connectivity index (χ4v) is 3.70. The van der Waals surface area contributed by atoms with Gasteiger partial charge in [0.1, 0.15) is 5.82 Å². The molecule has 3 aromatic rings. The first-order valence-electron chi connectivity index (χ1n) is 9.30. The molecule has 0 unspecified atom stereocenters. The van der Waals surface area contributed by atoms with Crippen LogP contribution in [0.2, 0.25) is 0 Å². The van der Waals surface area contributed by atoms with Gasteiger partial charge in [0.25, 0.3) is 0 Å². The number of aromatic nitrogens is 2. The normalized spacial score (nSPS) is 15.4. The number of nitrogens with one attached hydrogen (secondary N) is 1. The van der Waals surface area contributed by atoms with Crippen LogP contribution in [0.3, 0.4) is 0 Å². The summed E-state index contributed by atoms with van der Waals surface area (Å²) in [6, 6.07) is 11.8. The van der Waals surface area contributed by atoms with Crippen molar-refractivity contribution in [2.45, 2.75) is 19.3 Å². The fourth-order valence-electron chi connectivity index (χ4n) is 3.70. The summed E-state index contributed by atoms with van der Waals surface area (Å²) in [6.07, 6.45) is 2.12. The van der Waals surface area contributed by atoms with Gasteiger partial charge in [-0.3, -0.25) is 4.79 Å². The van der Waals surface area contributed by atoms with Crippen molar-refractivity contribution in [1.82, 2.24) is 9.78 Å². The average Bonchev–Trinajstić information content (AvgIpc) is 3.16. The Hall–Kier alpha value is -3.48. The van der Waals surface area contributed by atoms with Crippen molar-refractivity contribution in [3.8, 4) is 22.9 Å². The Morgan fingerprint density at radius 2 is 1.69 bits per heavy atom. The van der Waals surface area contributed by atoms with Crippen LogP contribution in [0.4, 0.5) is 5.82 Å². The zero-order valence-electron chi connectivity index (χ0n) is 16.9. The summed E-state index contributed by atoms with van der Waals surface area (Å²) < 4.78 is 18.1. The number of aryl methyl sites for hydroxylation is 1. The molecule has 0 saturated heterocycles. The molecule has 29 heavy (non-hydrogen) atoms. The summed E-state index contributed by atoms with van der Waals surface area (Å²) in [6.45, 7) is 2.03. The Morgan fingerprint density at radius 3 is 2.28 bits per heavy atom. The van der Waals surface area contributed by atoms with Gasteiger partial charge in [0.2, 0.25) is 11.7 Å². The van der Waals surface area contributed by atoms with E-state index in [0.717, 1.165) is 22.4 Å². The molecule has 0 radical (unpaired) electrons. The van der Waals surface area contributed by atoms with Crippen molar-refractivity contribution >= 4 is 11.7 Å². The smallest absolute Gasteiger partial charge is 0.226 e. The summed E-state index contributed by atoms with van der Waals surface area (Å²) in [5.74, 6) is 2.08. The van der Waals surface area contributed by atoms with E-state index in [0.29, 0.717) is 29.5 Å². The van der Waals surface area contributed by atoms with E-state index in [-0.39, 0.29) is 11.8 Å². The van der Waals surface area contributed by atoms with Crippen LogP contribution < -0.4 is 19.5 Å². The van der Waals surface area contributed by atoms with Crippen molar-refractivity contribution in [1.29, 1.82) is 0 Å². The number of methoxy groups -OCH3 is 3. The van der Waals surface area contributed by atoms with Crippen LogP contribution in [0.5, 0.6) is 17.2 Å². The number of carbonyl (C=O) groups excluding carboxylic acids is 1. The molecule has 150 valence electrons. The van der Waals surface area contributed by atoms with Crippen molar-refractivity contribution in [2.75, 3.05) is 26.6 Å². The Morgan fingerprint density at radius 1 is 1.03 bits per heavy atom. The Bertz CT molecular complexity index is 1030. The van der Waals surface area contributed by atoms with Gasteiger partial charge in [-0.05, 0) is 36.8 Å². The molecule has 1 N–H and O–H groups in total. The summed E-state index contributed by atoms with van der Waals surface area (Å²) in [5, 5.41) is 7.52. The number of rotatable bonds is 5. The highest BCUT2D eigenvalue weighted by Crippen LogP contribution is 2.44. The highest BCUT2D eigenvalue weighted by atomic mass is 16.5. The third-order valence-corrected chi connectivity index (χ3v) is 5.19. The first kappa shape index (κ1) is 18.9. The number of carbonyl (C=O) groups is 1.